The van der Waals surface area contributed by atoms with E-state index in [0.29, 0.717) is 42.1 Å². The number of aliphatic imine (C=N–C) groups is 1. The van der Waals surface area contributed by atoms with Gasteiger partial charge in [0.1, 0.15) is 0 Å². The van der Waals surface area contributed by atoms with Crippen molar-refractivity contribution >= 4 is 11.9 Å². The first-order valence-electron chi connectivity index (χ1n) is 14.7. The van der Waals surface area contributed by atoms with Crippen LogP contribution in [0.3, 0.4) is 0 Å². The lowest BCUT2D eigenvalue weighted by molar-refractivity contribution is -0.202. The van der Waals surface area contributed by atoms with E-state index < -0.39 is 0 Å². The number of carbonyl (C=O) groups is 1. The maximum absolute atomic E-state index is 11.8. The molecule has 4 saturated carbocycles. The van der Waals surface area contributed by atoms with Crippen LogP contribution in [-0.2, 0) is 9.53 Å². The summed E-state index contributed by atoms with van der Waals surface area (Å²) in [6, 6.07) is 0.404. The average molecular weight is 504 g/mol. The molecule has 0 unspecified atom stereocenters. The molecule has 0 aromatic rings. The zero-order valence-electron chi connectivity index (χ0n) is 22.8. The number of nitrogens with one attached hydrogen (secondary N) is 2. The summed E-state index contributed by atoms with van der Waals surface area (Å²) in [7, 11) is 1.45. The van der Waals surface area contributed by atoms with Crippen LogP contribution in [0.1, 0.15) is 85.0 Å². The van der Waals surface area contributed by atoms with Gasteiger partial charge in [0.05, 0.1) is 19.3 Å². The molecule has 0 saturated heterocycles. The Morgan fingerprint density at radius 3 is 2.72 bits per heavy atom. The Morgan fingerprint density at radius 2 is 2.00 bits per heavy atom. The van der Waals surface area contributed by atoms with Crippen molar-refractivity contribution in [3.8, 4) is 0 Å². The fraction of sp³-hybridized carbons (Fsp3) is 0.931. The number of hydrogen-bond acceptors (Lipinski definition) is 7. The summed E-state index contributed by atoms with van der Waals surface area (Å²) in [5.41, 5.74) is -0.0226. The second kappa shape index (κ2) is 10.1. The van der Waals surface area contributed by atoms with Gasteiger partial charge >= 0.3 is 5.97 Å². The molecule has 4 N–H and O–H groups in total. The minimum Gasteiger partial charge on any atom is -0.469 e. The van der Waals surface area contributed by atoms with Crippen LogP contribution in [0.15, 0.2) is 4.99 Å². The van der Waals surface area contributed by atoms with E-state index in [0.717, 1.165) is 76.8 Å². The number of rotatable bonds is 5. The van der Waals surface area contributed by atoms with Gasteiger partial charge in [-0.2, -0.15) is 0 Å². The normalized spacial score (nSPS) is 46.9. The predicted octanol–water partition coefficient (Wildman–Crippen LogP) is 3.48. The lowest BCUT2D eigenvalue weighted by atomic mass is 9.43. The van der Waals surface area contributed by atoms with Crippen LogP contribution < -0.4 is 10.6 Å². The Kier molecular flexibility index (Phi) is 7.36. The van der Waals surface area contributed by atoms with E-state index in [-0.39, 0.29) is 34.9 Å². The molecule has 0 aromatic heterocycles. The molecule has 0 aromatic carbocycles. The largest absolute Gasteiger partial charge is 0.469 e. The molecule has 7 heteroatoms. The van der Waals surface area contributed by atoms with Crippen molar-refractivity contribution in [1.82, 2.24) is 10.6 Å². The Bertz CT molecular complexity index is 850. The van der Waals surface area contributed by atoms with E-state index in [1.165, 1.54) is 7.11 Å². The van der Waals surface area contributed by atoms with Crippen molar-refractivity contribution in [1.29, 1.82) is 0 Å². The first-order chi connectivity index (χ1) is 17.2. The number of carbonyl (C=O) groups excluding carboxylic acids is 1. The van der Waals surface area contributed by atoms with E-state index >= 15 is 0 Å². The standard InChI is InChI=1S/C29H49N3O4/c1-17(6-9-25(35)36-4)20-7-8-21-26-22(16-24(34)29(20,21)3)28(2)11-10-19(14-18(28)15-23(26)33)32-27-30-12-5-13-31-27/h17-24,26,33-34H,5-16H2,1-4H3,(H2,30,31,32)/t17-,18+,19-,20-,21+,22+,23-,24+,26+,28+,29-/m1/s1. The van der Waals surface area contributed by atoms with Crippen molar-refractivity contribution in [3.63, 3.8) is 0 Å². The molecule has 1 aliphatic heterocycles. The molecule has 11 atom stereocenters. The number of ether oxygens (including phenoxy) is 1. The molecule has 0 spiro atoms. The lowest BCUT2D eigenvalue weighted by Crippen LogP contribution is -2.63. The third-order valence-electron chi connectivity index (χ3n) is 11.8. The van der Waals surface area contributed by atoms with E-state index in [1.54, 1.807) is 0 Å². The molecule has 4 fully saturated rings. The molecule has 0 bridgehead atoms. The van der Waals surface area contributed by atoms with Gasteiger partial charge in [0.2, 0.25) is 0 Å². The van der Waals surface area contributed by atoms with Crippen LogP contribution in [-0.4, -0.2) is 60.6 Å². The Labute approximate surface area is 217 Å². The van der Waals surface area contributed by atoms with Gasteiger partial charge in [-0.05, 0) is 104 Å². The van der Waals surface area contributed by atoms with Crippen LogP contribution >= 0.6 is 0 Å². The second-order valence-electron chi connectivity index (χ2n) is 13.3. The van der Waals surface area contributed by atoms with Crippen molar-refractivity contribution in [2.45, 2.75) is 103 Å². The zero-order valence-corrected chi connectivity index (χ0v) is 22.8. The maximum atomic E-state index is 11.8. The van der Waals surface area contributed by atoms with Crippen LogP contribution in [0.5, 0.6) is 0 Å². The average Bonchev–Trinajstić information content (AvgIpc) is 3.23. The number of fused-ring (bicyclic) bond motifs is 5. The van der Waals surface area contributed by atoms with Gasteiger partial charge in [-0.3, -0.25) is 9.79 Å². The molecule has 5 aliphatic rings. The van der Waals surface area contributed by atoms with Crippen LogP contribution in [0, 0.1) is 46.3 Å². The summed E-state index contributed by atoms with van der Waals surface area (Å²) >= 11 is 0. The molecular formula is C29H49N3O4. The smallest absolute Gasteiger partial charge is 0.305 e. The fourth-order valence-electron chi connectivity index (χ4n) is 9.76. The minimum absolute atomic E-state index is 0.149. The topological polar surface area (TPSA) is 103 Å². The van der Waals surface area contributed by atoms with E-state index in [2.05, 4.69) is 36.4 Å². The zero-order chi connectivity index (χ0) is 25.7. The number of aliphatic hydroxyl groups is 2. The monoisotopic (exact) mass is 503 g/mol. The summed E-state index contributed by atoms with van der Waals surface area (Å²) in [6.07, 6.45) is 8.87. The first-order valence-corrected chi connectivity index (χ1v) is 14.7. The van der Waals surface area contributed by atoms with Crippen molar-refractivity contribution < 1.29 is 19.7 Å². The molecular weight excluding hydrogens is 454 g/mol. The van der Waals surface area contributed by atoms with Crippen molar-refractivity contribution in [3.05, 3.63) is 0 Å². The van der Waals surface area contributed by atoms with Crippen molar-refractivity contribution in [2.75, 3.05) is 20.2 Å². The number of nitrogens with zero attached hydrogens (tertiary/aromatic N) is 1. The quantitative estimate of drug-likeness (QED) is 0.429. The van der Waals surface area contributed by atoms with Crippen LogP contribution in [0.4, 0.5) is 0 Å². The Morgan fingerprint density at radius 1 is 1.19 bits per heavy atom. The molecule has 1 heterocycles. The third-order valence-corrected chi connectivity index (χ3v) is 11.8. The highest BCUT2D eigenvalue weighted by Gasteiger charge is 2.65. The fourth-order valence-corrected chi connectivity index (χ4v) is 9.76. The van der Waals surface area contributed by atoms with Crippen LogP contribution in [0.2, 0.25) is 0 Å². The molecule has 5 rings (SSSR count). The van der Waals surface area contributed by atoms with Crippen LogP contribution in [0.25, 0.3) is 0 Å². The highest BCUT2D eigenvalue weighted by atomic mass is 16.5. The number of methoxy groups -OCH3 is 1. The molecule has 204 valence electrons. The van der Waals surface area contributed by atoms with E-state index in [1.807, 2.05) is 0 Å². The van der Waals surface area contributed by atoms with Gasteiger partial charge in [-0.1, -0.05) is 20.8 Å². The van der Waals surface area contributed by atoms with Gasteiger partial charge in [0.15, 0.2) is 5.96 Å². The predicted molar refractivity (Wildman–Crippen MR) is 140 cm³/mol. The highest BCUT2D eigenvalue weighted by molar-refractivity contribution is 5.80. The molecule has 7 nitrogen and oxygen atoms in total. The first kappa shape index (κ1) is 26.3. The summed E-state index contributed by atoms with van der Waals surface area (Å²) < 4.78 is 4.88. The van der Waals surface area contributed by atoms with E-state index in [4.69, 9.17) is 4.74 Å². The number of hydrogen-bond donors (Lipinski definition) is 4. The van der Waals surface area contributed by atoms with Gasteiger partial charge in [0.25, 0.3) is 0 Å². The molecule has 4 aliphatic carbocycles. The highest BCUT2D eigenvalue weighted by Crippen LogP contribution is 2.68. The summed E-state index contributed by atoms with van der Waals surface area (Å²) in [5.74, 6) is 2.99. The summed E-state index contributed by atoms with van der Waals surface area (Å²) in [4.78, 5) is 16.4. The van der Waals surface area contributed by atoms with Gasteiger partial charge in [-0.25, -0.2) is 0 Å². The second-order valence-corrected chi connectivity index (χ2v) is 13.3. The number of esters is 1. The van der Waals surface area contributed by atoms with Crippen molar-refractivity contribution in [2.24, 2.45) is 51.3 Å². The van der Waals surface area contributed by atoms with Gasteiger partial charge < -0.3 is 25.6 Å². The van der Waals surface area contributed by atoms with Gasteiger partial charge in [-0.15, -0.1) is 0 Å². The summed E-state index contributed by atoms with van der Waals surface area (Å²) in [6.45, 7) is 8.89. The maximum Gasteiger partial charge on any atom is 0.305 e. The third kappa shape index (κ3) is 4.36. The SMILES string of the molecule is COC(=O)CC[C@@H](C)[C@H]1CC[C@H]2[C@@H]3[C@H](O)C[C@@H]4C[C@H](NC5=NCCCN5)CC[C@]4(C)[C@H]3C[C@H](O)[C@]12C. The molecule has 0 radical (unpaired) electrons. The van der Waals surface area contributed by atoms with E-state index in [9.17, 15) is 15.0 Å². The molecule has 0 amide bonds. The summed E-state index contributed by atoms with van der Waals surface area (Å²) in [5, 5.41) is 30.5. The molecule has 36 heavy (non-hydrogen) atoms. The number of aliphatic hydroxyl groups excluding tert-OH is 2. The Hall–Kier alpha value is -1.34. The lowest BCUT2D eigenvalue weighted by Gasteiger charge is -2.63. The minimum atomic E-state index is -0.351. The van der Waals surface area contributed by atoms with Gasteiger partial charge in [0, 0.05) is 25.6 Å². The number of guanidine groups is 1. The Balaban J connectivity index is 1.31.